The zero-order valence-corrected chi connectivity index (χ0v) is 12.8. The normalized spacial score (nSPS) is 11.0. The minimum absolute atomic E-state index is 0.561. The van der Waals surface area contributed by atoms with Crippen molar-refractivity contribution in [1.29, 1.82) is 0 Å². The third-order valence-electron chi connectivity index (χ3n) is 3.58. The van der Waals surface area contributed by atoms with Crippen molar-refractivity contribution in [2.45, 2.75) is 32.6 Å². The molecule has 0 aromatic heterocycles. The van der Waals surface area contributed by atoms with Crippen molar-refractivity contribution in [3.63, 3.8) is 0 Å². The van der Waals surface area contributed by atoms with Crippen LogP contribution >= 0.6 is 23.2 Å². The highest BCUT2D eigenvalue weighted by Gasteiger charge is 2.13. The molecule has 2 aromatic carbocycles. The molecular weight excluding hydrogens is 275 g/mol. The third-order valence-corrected chi connectivity index (χ3v) is 4.05. The maximum atomic E-state index is 6.16. The van der Waals surface area contributed by atoms with E-state index < -0.39 is 0 Å². The van der Waals surface area contributed by atoms with Crippen LogP contribution in [0.3, 0.4) is 0 Å². The van der Waals surface area contributed by atoms with Crippen LogP contribution in [0.1, 0.15) is 38.2 Å². The molecule has 0 radical (unpaired) electrons. The summed E-state index contributed by atoms with van der Waals surface area (Å²) in [6.07, 6.45) is 2.26. The number of rotatable bonds is 4. The van der Waals surface area contributed by atoms with Crippen LogP contribution in [0.15, 0.2) is 42.5 Å². The average Bonchev–Trinajstić information content (AvgIpc) is 2.41. The largest absolute Gasteiger partial charge is 0.0843 e. The second-order valence-electron chi connectivity index (χ2n) is 4.76. The van der Waals surface area contributed by atoms with Crippen molar-refractivity contribution < 1.29 is 0 Å². The summed E-state index contributed by atoms with van der Waals surface area (Å²) < 4.78 is 0. The van der Waals surface area contributed by atoms with Crippen LogP contribution in [0.25, 0.3) is 11.1 Å². The summed E-state index contributed by atoms with van der Waals surface area (Å²) in [4.78, 5) is 0. The lowest BCUT2D eigenvalue weighted by molar-refractivity contribution is 0.643. The van der Waals surface area contributed by atoms with Gasteiger partial charge in [-0.15, -0.1) is 0 Å². The summed E-state index contributed by atoms with van der Waals surface area (Å²) in [5, 5.41) is 1.53. The molecule has 0 aliphatic heterocycles. The molecule has 0 amide bonds. The molecule has 0 bridgehead atoms. The van der Waals surface area contributed by atoms with E-state index >= 15 is 0 Å². The van der Waals surface area contributed by atoms with Gasteiger partial charge in [0.05, 0.1) is 0 Å². The van der Waals surface area contributed by atoms with E-state index in [1.807, 2.05) is 30.3 Å². The van der Waals surface area contributed by atoms with Crippen molar-refractivity contribution in [1.82, 2.24) is 0 Å². The fourth-order valence-electron chi connectivity index (χ4n) is 2.52. The first-order chi connectivity index (χ1) is 9.15. The summed E-state index contributed by atoms with van der Waals surface area (Å²) in [6.45, 7) is 4.45. The maximum absolute atomic E-state index is 6.16. The smallest absolute Gasteiger partial charge is 0.0412 e. The van der Waals surface area contributed by atoms with Crippen molar-refractivity contribution in [2.75, 3.05) is 0 Å². The van der Waals surface area contributed by atoms with Crippen LogP contribution < -0.4 is 0 Å². The van der Waals surface area contributed by atoms with Gasteiger partial charge < -0.3 is 0 Å². The van der Waals surface area contributed by atoms with E-state index in [1.54, 1.807) is 0 Å². The highest BCUT2D eigenvalue weighted by Crippen LogP contribution is 2.35. The Bertz CT molecular complexity index is 557. The van der Waals surface area contributed by atoms with Gasteiger partial charge in [-0.2, -0.15) is 0 Å². The van der Waals surface area contributed by atoms with E-state index in [9.17, 15) is 0 Å². The second kappa shape index (κ2) is 6.45. The molecule has 0 unspecified atom stereocenters. The third kappa shape index (κ3) is 3.32. The summed E-state index contributed by atoms with van der Waals surface area (Å²) in [6, 6.07) is 14.1. The van der Waals surface area contributed by atoms with E-state index in [0.29, 0.717) is 5.92 Å². The van der Waals surface area contributed by atoms with E-state index in [4.69, 9.17) is 23.2 Å². The zero-order chi connectivity index (χ0) is 13.8. The molecular formula is C17H18Cl2. The van der Waals surface area contributed by atoms with Crippen LogP contribution in [-0.2, 0) is 0 Å². The van der Waals surface area contributed by atoms with Gasteiger partial charge in [0.2, 0.25) is 0 Å². The Balaban J connectivity index is 2.57. The minimum Gasteiger partial charge on any atom is -0.0843 e. The van der Waals surface area contributed by atoms with Crippen molar-refractivity contribution in [3.8, 4) is 11.1 Å². The second-order valence-corrected chi connectivity index (χ2v) is 5.63. The van der Waals surface area contributed by atoms with Gasteiger partial charge in [0.15, 0.2) is 0 Å². The quantitative estimate of drug-likeness (QED) is 0.598. The molecule has 0 aliphatic rings. The van der Waals surface area contributed by atoms with Crippen LogP contribution in [-0.4, -0.2) is 0 Å². The van der Waals surface area contributed by atoms with E-state index in [2.05, 4.69) is 26.0 Å². The molecule has 19 heavy (non-hydrogen) atoms. The van der Waals surface area contributed by atoms with Crippen LogP contribution in [0.5, 0.6) is 0 Å². The Labute approximate surface area is 125 Å². The Hall–Kier alpha value is -0.980. The predicted octanol–water partition coefficient (Wildman–Crippen LogP) is 6.56. The lowest BCUT2D eigenvalue weighted by atomic mass is 9.87. The van der Waals surface area contributed by atoms with Gasteiger partial charge in [0, 0.05) is 10.0 Å². The lowest BCUT2D eigenvalue weighted by Crippen LogP contribution is -1.98. The highest BCUT2D eigenvalue weighted by molar-refractivity contribution is 6.31. The fraction of sp³-hybridized carbons (Fsp3) is 0.294. The Morgan fingerprint density at radius 1 is 0.895 bits per heavy atom. The molecule has 0 N–H and O–H groups in total. The number of benzene rings is 2. The van der Waals surface area contributed by atoms with E-state index in [0.717, 1.165) is 28.5 Å². The standard InChI is InChI=1S/C17H18Cl2/c1-3-12(4-2)16-9-8-15(19)11-17(16)13-6-5-7-14(18)10-13/h5-12H,3-4H2,1-2H3. The van der Waals surface area contributed by atoms with E-state index in [-0.39, 0.29) is 0 Å². The minimum atomic E-state index is 0.561. The lowest BCUT2D eigenvalue weighted by Gasteiger charge is -2.18. The number of halogens is 2. The molecule has 2 heteroatoms. The van der Waals surface area contributed by atoms with Crippen LogP contribution in [0, 0.1) is 0 Å². The first-order valence-corrected chi connectivity index (χ1v) is 7.46. The summed E-state index contributed by atoms with van der Waals surface area (Å²) in [7, 11) is 0. The van der Waals surface area contributed by atoms with E-state index in [1.165, 1.54) is 11.1 Å². The topological polar surface area (TPSA) is 0 Å². The number of hydrogen-bond acceptors (Lipinski definition) is 0. The Morgan fingerprint density at radius 2 is 1.58 bits per heavy atom. The summed E-state index contributed by atoms with van der Waals surface area (Å²) in [5.41, 5.74) is 3.69. The van der Waals surface area contributed by atoms with Crippen LogP contribution in [0.2, 0.25) is 10.0 Å². The molecule has 0 aliphatic carbocycles. The van der Waals surface area contributed by atoms with Gasteiger partial charge in [0.1, 0.15) is 0 Å². The zero-order valence-electron chi connectivity index (χ0n) is 11.3. The average molecular weight is 293 g/mol. The van der Waals surface area contributed by atoms with Crippen molar-refractivity contribution in [3.05, 3.63) is 58.1 Å². The van der Waals surface area contributed by atoms with Gasteiger partial charge in [-0.25, -0.2) is 0 Å². The monoisotopic (exact) mass is 292 g/mol. The molecule has 0 saturated heterocycles. The van der Waals surface area contributed by atoms with Gasteiger partial charge in [0.25, 0.3) is 0 Å². The van der Waals surface area contributed by atoms with Gasteiger partial charge >= 0.3 is 0 Å². The molecule has 0 nitrogen and oxygen atoms in total. The van der Waals surface area contributed by atoms with Gasteiger partial charge in [-0.05, 0) is 59.7 Å². The van der Waals surface area contributed by atoms with Crippen molar-refractivity contribution in [2.24, 2.45) is 0 Å². The predicted molar refractivity (Wildman–Crippen MR) is 85.2 cm³/mol. The first-order valence-electron chi connectivity index (χ1n) is 6.71. The maximum Gasteiger partial charge on any atom is 0.0412 e. The SMILES string of the molecule is CCC(CC)c1ccc(Cl)cc1-c1cccc(Cl)c1. The molecule has 0 spiro atoms. The van der Waals surface area contributed by atoms with Gasteiger partial charge in [-0.1, -0.05) is 55.2 Å². The molecule has 100 valence electrons. The molecule has 0 atom stereocenters. The molecule has 0 heterocycles. The summed E-state index contributed by atoms with van der Waals surface area (Å²) >= 11 is 12.3. The fourth-order valence-corrected chi connectivity index (χ4v) is 2.88. The molecule has 0 saturated carbocycles. The molecule has 0 fully saturated rings. The van der Waals surface area contributed by atoms with Crippen LogP contribution in [0.4, 0.5) is 0 Å². The summed E-state index contributed by atoms with van der Waals surface area (Å²) in [5.74, 6) is 0.561. The molecule has 2 aromatic rings. The first kappa shape index (κ1) is 14.4. The van der Waals surface area contributed by atoms with Gasteiger partial charge in [-0.3, -0.25) is 0 Å². The highest BCUT2D eigenvalue weighted by atomic mass is 35.5. The Morgan fingerprint density at radius 3 is 2.21 bits per heavy atom. The molecule has 2 rings (SSSR count). The number of hydrogen-bond donors (Lipinski definition) is 0. The van der Waals surface area contributed by atoms with Crippen molar-refractivity contribution >= 4 is 23.2 Å². The Kier molecular flexibility index (Phi) is 4.90.